The normalized spacial score (nSPS) is 14.0. The van der Waals surface area contributed by atoms with E-state index < -0.39 is 26.6 Å². The SMILES string of the molecule is CC/C=C\C/C=C\C/C=C\C/C=C\C/C=C\C/C=C\CCCCCCCCC(=O)NC(COP(=O)([O-])OCC[N+](C)(C)C)C(/C=C/CCCCCCCCCCCC)OC(=O)CCCCCCCCCCCCCCCCC/C=C/CCCCCCCC. The van der Waals surface area contributed by atoms with Crippen molar-refractivity contribution in [2.24, 2.45) is 0 Å². The lowest BCUT2D eigenvalue weighted by molar-refractivity contribution is -0.870. The van der Waals surface area contributed by atoms with Gasteiger partial charge in [-0.2, -0.15) is 0 Å². The van der Waals surface area contributed by atoms with Crippen LogP contribution in [-0.2, 0) is 27.9 Å². The van der Waals surface area contributed by atoms with E-state index in [1.807, 2.05) is 33.3 Å². The van der Waals surface area contributed by atoms with E-state index in [2.05, 4.69) is 111 Å². The van der Waals surface area contributed by atoms with Crippen molar-refractivity contribution in [2.45, 2.75) is 348 Å². The highest BCUT2D eigenvalue weighted by Crippen LogP contribution is 2.38. The molecule has 0 rings (SSSR count). The topological polar surface area (TPSA) is 114 Å². The Morgan fingerprint density at radius 1 is 0.409 bits per heavy atom. The second-order valence-electron chi connectivity index (χ2n) is 26.1. The lowest BCUT2D eigenvalue weighted by Crippen LogP contribution is -2.47. The number of carbonyl (C=O) groups excluding carboxylic acids is 2. The zero-order chi connectivity index (χ0) is 64.2. The van der Waals surface area contributed by atoms with Crippen molar-refractivity contribution >= 4 is 19.7 Å². The molecule has 510 valence electrons. The number of phosphoric ester groups is 1. The molecule has 0 bridgehead atoms. The van der Waals surface area contributed by atoms with Crippen LogP contribution in [0.1, 0.15) is 335 Å². The van der Waals surface area contributed by atoms with Crippen molar-refractivity contribution in [3.05, 3.63) is 97.2 Å². The van der Waals surface area contributed by atoms with Gasteiger partial charge in [0, 0.05) is 12.8 Å². The van der Waals surface area contributed by atoms with E-state index in [0.29, 0.717) is 17.4 Å². The summed E-state index contributed by atoms with van der Waals surface area (Å²) in [7, 11) is 1.17. The number of nitrogens with zero attached hydrogens (tertiary/aromatic N) is 1. The number of nitrogens with one attached hydrogen (secondary N) is 1. The Morgan fingerprint density at radius 2 is 0.727 bits per heavy atom. The molecule has 0 saturated carbocycles. The molecule has 3 atom stereocenters. The van der Waals surface area contributed by atoms with Gasteiger partial charge in [0.2, 0.25) is 5.91 Å². The fraction of sp³-hybridized carbons (Fsp3) is 0.769. The van der Waals surface area contributed by atoms with Gasteiger partial charge in [-0.05, 0) is 109 Å². The summed E-state index contributed by atoms with van der Waals surface area (Å²) in [6.45, 7) is 6.74. The fourth-order valence-electron chi connectivity index (χ4n) is 10.6. The van der Waals surface area contributed by atoms with Gasteiger partial charge in [-0.1, -0.05) is 311 Å². The maximum Gasteiger partial charge on any atom is 0.306 e. The molecule has 0 aromatic carbocycles. The van der Waals surface area contributed by atoms with Crippen LogP contribution in [0.3, 0.4) is 0 Å². The molecule has 0 aromatic rings. The molecule has 0 heterocycles. The molecule has 10 heteroatoms. The zero-order valence-electron chi connectivity index (χ0n) is 58.4. The van der Waals surface area contributed by atoms with Gasteiger partial charge in [0.1, 0.15) is 19.3 Å². The summed E-state index contributed by atoms with van der Waals surface area (Å²) in [4.78, 5) is 40.2. The van der Waals surface area contributed by atoms with Crippen LogP contribution in [0, 0.1) is 0 Å². The number of rotatable bonds is 67. The number of allylic oxidation sites excluding steroid dienone is 15. The van der Waals surface area contributed by atoms with Crippen molar-refractivity contribution in [3.63, 3.8) is 0 Å². The number of esters is 1. The third-order valence-electron chi connectivity index (χ3n) is 16.2. The average Bonchev–Trinajstić information content (AvgIpc) is 3.71. The molecule has 1 amide bonds. The molecule has 0 aliphatic carbocycles. The molecule has 88 heavy (non-hydrogen) atoms. The first-order chi connectivity index (χ1) is 42.9. The van der Waals surface area contributed by atoms with E-state index >= 15 is 0 Å². The highest BCUT2D eigenvalue weighted by molar-refractivity contribution is 7.45. The Labute approximate surface area is 545 Å². The third kappa shape index (κ3) is 67.3. The first kappa shape index (κ1) is 84.9. The minimum Gasteiger partial charge on any atom is -0.756 e. The van der Waals surface area contributed by atoms with Gasteiger partial charge in [0.25, 0.3) is 7.82 Å². The summed E-state index contributed by atoms with van der Waals surface area (Å²) in [6, 6.07) is -0.902. The second kappa shape index (κ2) is 66.8. The third-order valence-corrected chi connectivity index (χ3v) is 17.2. The van der Waals surface area contributed by atoms with E-state index in [0.717, 1.165) is 122 Å². The van der Waals surface area contributed by atoms with Gasteiger partial charge in [-0.3, -0.25) is 14.2 Å². The predicted octanol–water partition coefficient (Wildman–Crippen LogP) is 23.2. The van der Waals surface area contributed by atoms with Gasteiger partial charge in [-0.25, -0.2) is 0 Å². The van der Waals surface area contributed by atoms with Gasteiger partial charge in [0.15, 0.2) is 0 Å². The highest BCUT2D eigenvalue weighted by atomic mass is 31.2. The van der Waals surface area contributed by atoms with Gasteiger partial charge < -0.3 is 28.5 Å². The number of amides is 1. The van der Waals surface area contributed by atoms with Crippen molar-refractivity contribution in [1.82, 2.24) is 5.32 Å². The number of phosphoric acid groups is 1. The van der Waals surface area contributed by atoms with E-state index in [4.69, 9.17) is 13.8 Å². The molecule has 9 nitrogen and oxygen atoms in total. The molecule has 0 radical (unpaired) electrons. The van der Waals surface area contributed by atoms with E-state index in [9.17, 15) is 19.0 Å². The number of quaternary nitrogens is 1. The summed E-state index contributed by atoms with van der Waals surface area (Å²) in [5.41, 5.74) is 0. The molecule has 0 aliphatic rings. The lowest BCUT2D eigenvalue weighted by atomic mass is 10.0. The highest BCUT2D eigenvalue weighted by Gasteiger charge is 2.27. The number of unbranched alkanes of at least 4 members (excludes halogenated alkanes) is 37. The maximum absolute atomic E-state index is 13.6. The van der Waals surface area contributed by atoms with Crippen molar-refractivity contribution in [1.29, 1.82) is 0 Å². The molecular weight excluding hydrogens is 1110 g/mol. The van der Waals surface area contributed by atoms with E-state index in [-0.39, 0.29) is 24.9 Å². The standard InChI is InChI=1S/C78H141N2O7P/c1-7-10-13-16-19-22-25-28-30-32-34-36-38-40-42-44-46-48-50-52-55-58-61-64-67-70-77(81)79-75(74-86-88(83,84)85-73-72-80(4,5)6)76(69-66-63-60-57-54-27-24-21-18-15-12-9-3)87-78(82)71-68-65-62-59-56-53-51-49-47-45-43-41-39-37-35-33-31-29-26-23-20-17-14-11-8-2/h10,13,19,22,28-31,34,36,40,42,46,48,66,69,75-76H,7-9,11-12,14-18,20-21,23-27,32-33,35,37-39,41,43-45,47,49-65,67-68,70-74H2,1-6H3,(H-,79,81,83,84)/b13-10-,22-19-,30-28-,31-29+,36-34-,42-40-,48-46-,69-66+. The van der Waals surface area contributed by atoms with E-state index in [1.54, 1.807) is 0 Å². The Hall–Kier alpha value is -3.07. The number of hydrogen-bond donors (Lipinski definition) is 1. The first-order valence-corrected chi connectivity index (χ1v) is 38.5. The number of carbonyl (C=O) groups is 2. The van der Waals surface area contributed by atoms with Crippen LogP contribution >= 0.6 is 7.82 Å². The Morgan fingerprint density at radius 3 is 1.10 bits per heavy atom. The Balaban J connectivity index is 5.05. The largest absolute Gasteiger partial charge is 0.756 e. The molecule has 0 fully saturated rings. The van der Waals surface area contributed by atoms with Crippen molar-refractivity contribution in [2.75, 3.05) is 40.9 Å². The second-order valence-corrected chi connectivity index (χ2v) is 27.5. The number of ether oxygens (including phenoxy) is 1. The van der Waals surface area contributed by atoms with Gasteiger partial charge >= 0.3 is 5.97 Å². The molecule has 3 unspecified atom stereocenters. The summed E-state index contributed by atoms with van der Waals surface area (Å²) in [5.74, 6) is -0.551. The summed E-state index contributed by atoms with van der Waals surface area (Å²) >= 11 is 0. The molecule has 0 spiro atoms. The van der Waals surface area contributed by atoms with Crippen molar-refractivity contribution in [3.8, 4) is 0 Å². The molecule has 0 aromatic heterocycles. The minimum absolute atomic E-state index is 0.0285. The minimum atomic E-state index is -4.72. The van der Waals surface area contributed by atoms with Gasteiger partial charge in [0.05, 0.1) is 33.8 Å². The maximum atomic E-state index is 13.6. The molecule has 1 N–H and O–H groups in total. The predicted molar refractivity (Wildman–Crippen MR) is 381 cm³/mol. The fourth-order valence-corrected chi connectivity index (χ4v) is 11.3. The van der Waals surface area contributed by atoms with Crippen LogP contribution in [0.4, 0.5) is 0 Å². The van der Waals surface area contributed by atoms with Crippen LogP contribution in [0.15, 0.2) is 97.2 Å². The van der Waals surface area contributed by atoms with Crippen LogP contribution in [0.5, 0.6) is 0 Å². The van der Waals surface area contributed by atoms with Crippen molar-refractivity contribution < 1.29 is 37.3 Å². The number of hydrogen-bond acceptors (Lipinski definition) is 7. The molecular formula is C78H141N2O7P. The molecule has 0 saturated heterocycles. The van der Waals surface area contributed by atoms with E-state index in [1.165, 1.54) is 180 Å². The van der Waals surface area contributed by atoms with Gasteiger partial charge in [-0.15, -0.1) is 0 Å². The number of likely N-dealkylation sites (N-methyl/N-ethyl adjacent to an activating group) is 1. The summed E-state index contributed by atoms with van der Waals surface area (Å²) < 4.78 is 30.5. The summed E-state index contributed by atoms with van der Waals surface area (Å²) in [6.07, 6.45) is 91.1. The average molecular weight is 1250 g/mol. The smallest absolute Gasteiger partial charge is 0.306 e. The molecule has 0 aliphatic heterocycles. The Kier molecular flexibility index (Phi) is 64.5. The zero-order valence-corrected chi connectivity index (χ0v) is 59.3. The van der Waals surface area contributed by atoms with Crippen LogP contribution < -0.4 is 10.2 Å². The lowest BCUT2D eigenvalue weighted by Gasteiger charge is -2.30. The van der Waals surface area contributed by atoms with Crippen LogP contribution in [0.25, 0.3) is 0 Å². The first-order valence-electron chi connectivity index (χ1n) is 37.0. The Bertz CT molecular complexity index is 1830. The summed E-state index contributed by atoms with van der Waals surface area (Å²) in [5, 5.41) is 3.04. The quantitative estimate of drug-likeness (QED) is 0.0212. The monoisotopic (exact) mass is 1250 g/mol. The van der Waals surface area contributed by atoms with Crippen LogP contribution in [0.2, 0.25) is 0 Å². The van der Waals surface area contributed by atoms with Crippen LogP contribution in [-0.4, -0.2) is 69.4 Å².